The fourth-order valence-electron chi connectivity index (χ4n) is 1.94. The first-order valence-electron chi connectivity index (χ1n) is 8.15. The molecule has 0 aliphatic heterocycles. The highest BCUT2D eigenvalue weighted by Gasteiger charge is 2.00. The Labute approximate surface area is 133 Å². The van der Waals surface area contributed by atoms with Crippen LogP contribution in [0.15, 0.2) is 36.5 Å². The quantitative estimate of drug-likeness (QED) is 0.359. The molecule has 0 aromatic heterocycles. The summed E-state index contributed by atoms with van der Waals surface area (Å²) in [5.74, 6) is -0.795. The minimum Gasteiger partial charge on any atom is -0.481 e. The molecule has 4 nitrogen and oxygen atoms in total. The first kappa shape index (κ1) is 20.6. The van der Waals surface area contributed by atoms with E-state index in [9.17, 15) is 15.0 Å². The van der Waals surface area contributed by atoms with Crippen LogP contribution in [0, 0.1) is 0 Å². The van der Waals surface area contributed by atoms with E-state index in [-0.39, 0.29) is 12.5 Å². The summed E-state index contributed by atoms with van der Waals surface area (Å²) in [6, 6.07) is 0. The van der Waals surface area contributed by atoms with E-state index in [0.717, 1.165) is 25.7 Å². The molecule has 0 amide bonds. The van der Waals surface area contributed by atoms with Crippen molar-refractivity contribution in [3.63, 3.8) is 0 Å². The van der Waals surface area contributed by atoms with Crippen LogP contribution in [0.1, 0.15) is 58.3 Å². The molecule has 0 saturated carbocycles. The summed E-state index contributed by atoms with van der Waals surface area (Å²) in [5.41, 5.74) is 0. The Morgan fingerprint density at radius 1 is 0.864 bits per heavy atom. The lowest BCUT2D eigenvalue weighted by Gasteiger charge is -2.03. The summed E-state index contributed by atoms with van der Waals surface area (Å²) >= 11 is 0. The van der Waals surface area contributed by atoms with Gasteiger partial charge in [0.2, 0.25) is 0 Å². The van der Waals surface area contributed by atoms with Crippen molar-refractivity contribution in [2.75, 3.05) is 0 Å². The minimum absolute atomic E-state index is 0.154. The molecule has 0 radical (unpaired) electrons. The SMILES string of the molecule is CCCCCC(O)C=CC=CC=CC(O)CCCCC(=O)O. The molecule has 22 heavy (non-hydrogen) atoms. The number of unbranched alkanes of at least 4 members (excludes halogenated alkanes) is 3. The number of hydrogen-bond acceptors (Lipinski definition) is 3. The number of aliphatic carboxylic acids is 1. The molecule has 0 aliphatic carbocycles. The third-order valence-electron chi connectivity index (χ3n) is 3.24. The van der Waals surface area contributed by atoms with Crippen molar-refractivity contribution in [2.24, 2.45) is 0 Å². The molecule has 0 aromatic rings. The number of aliphatic hydroxyl groups excluding tert-OH is 2. The smallest absolute Gasteiger partial charge is 0.303 e. The van der Waals surface area contributed by atoms with Crippen molar-refractivity contribution in [3.8, 4) is 0 Å². The molecule has 0 bridgehead atoms. The van der Waals surface area contributed by atoms with Crippen molar-refractivity contribution in [1.29, 1.82) is 0 Å². The lowest BCUT2D eigenvalue weighted by atomic mass is 10.1. The van der Waals surface area contributed by atoms with E-state index >= 15 is 0 Å². The number of hydrogen-bond donors (Lipinski definition) is 3. The van der Waals surface area contributed by atoms with Crippen LogP contribution in [0.2, 0.25) is 0 Å². The van der Waals surface area contributed by atoms with Crippen molar-refractivity contribution in [3.05, 3.63) is 36.5 Å². The maximum Gasteiger partial charge on any atom is 0.303 e. The zero-order valence-electron chi connectivity index (χ0n) is 13.5. The van der Waals surface area contributed by atoms with Gasteiger partial charge in [0, 0.05) is 6.42 Å². The zero-order valence-corrected chi connectivity index (χ0v) is 13.5. The molecule has 0 fully saturated rings. The Kier molecular flexibility index (Phi) is 13.6. The molecule has 0 rings (SSSR count). The number of carboxylic acids is 1. The Morgan fingerprint density at radius 3 is 1.82 bits per heavy atom. The predicted octanol–water partition coefficient (Wildman–Crippen LogP) is 3.60. The van der Waals surface area contributed by atoms with Crippen molar-refractivity contribution in [2.45, 2.75) is 70.5 Å². The molecule has 0 aromatic carbocycles. The monoisotopic (exact) mass is 310 g/mol. The fraction of sp³-hybridized carbons (Fsp3) is 0.611. The molecule has 0 spiro atoms. The van der Waals surface area contributed by atoms with Crippen molar-refractivity contribution in [1.82, 2.24) is 0 Å². The van der Waals surface area contributed by atoms with E-state index in [0.29, 0.717) is 19.3 Å². The lowest BCUT2D eigenvalue weighted by Crippen LogP contribution is -2.02. The molecular weight excluding hydrogens is 280 g/mol. The second kappa shape index (κ2) is 14.5. The third kappa shape index (κ3) is 15.0. The van der Waals surface area contributed by atoms with E-state index < -0.39 is 12.1 Å². The standard InChI is InChI=1S/C18H30O4/c1-2-3-6-11-16(19)12-7-4-5-8-13-17(20)14-9-10-15-18(21)22/h4-5,7-8,12-13,16-17,19-20H,2-3,6,9-11,14-15H2,1H3,(H,21,22). The fourth-order valence-corrected chi connectivity index (χ4v) is 1.94. The van der Waals surface area contributed by atoms with Gasteiger partial charge < -0.3 is 15.3 Å². The van der Waals surface area contributed by atoms with Crippen LogP contribution in [0.3, 0.4) is 0 Å². The summed E-state index contributed by atoms with van der Waals surface area (Å²) in [4.78, 5) is 10.3. The van der Waals surface area contributed by atoms with Gasteiger partial charge in [-0.05, 0) is 25.7 Å². The van der Waals surface area contributed by atoms with E-state index in [4.69, 9.17) is 5.11 Å². The molecule has 2 atom stereocenters. The van der Waals surface area contributed by atoms with Crippen LogP contribution in [0.25, 0.3) is 0 Å². The number of aliphatic hydroxyl groups is 2. The van der Waals surface area contributed by atoms with Gasteiger partial charge in [0.05, 0.1) is 12.2 Å². The van der Waals surface area contributed by atoms with Crippen LogP contribution < -0.4 is 0 Å². The third-order valence-corrected chi connectivity index (χ3v) is 3.24. The minimum atomic E-state index is -0.795. The van der Waals surface area contributed by atoms with Gasteiger partial charge in [-0.15, -0.1) is 0 Å². The molecule has 126 valence electrons. The van der Waals surface area contributed by atoms with Crippen LogP contribution in [-0.4, -0.2) is 33.5 Å². The summed E-state index contributed by atoms with van der Waals surface area (Å²) in [5, 5.41) is 27.8. The second-order valence-corrected chi connectivity index (χ2v) is 5.42. The molecule has 0 aliphatic rings. The van der Waals surface area contributed by atoms with E-state index in [2.05, 4.69) is 6.92 Å². The van der Waals surface area contributed by atoms with Gasteiger partial charge in [-0.1, -0.05) is 62.6 Å². The normalized spacial score (nSPS) is 15.0. The number of rotatable bonds is 13. The Balaban J connectivity index is 3.74. The number of carboxylic acid groups (broad SMARTS) is 1. The lowest BCUT2D eigenvalue weighted by molar-refractivity contribution is -0.137. The first-order valence-corrected chi connectivity index (χ1v) is 8.15. The average molecular weight is 310 g/mol. The Hall–Kier alpha value is -1.39. The molecule has 0 saturated heterocycles. The summed E-state index contributed by atoms with van der Waals surface area (Å²) in [6.07, 6.45) is 15.9. The van der Waals surface area contributed by atoms with Gasteiger partial charge in [0.25, 0.3) is 0 Å². The number of allylic oxidation sites excluding steroid dienone is 4. The first-order chi connectivity index (χ1) is 10.6. The van der Waals surface area contributed by atoms with E-state index in [1.54, 1.807) is 30.4 Å². The topological polar surface area (TPSA) is 77.8 Å². The average Bonchev–Trinajstić information content (AvgIpc) is 2.47. The zero-order chi connectivity index (χ0) is 16.6. The van der Waals surface area contributed by atoms with Crippen LogP contribution in [-0.2, 0) is 4.79 Å². The predicted molar refractivity (Wildman–Crippen MR) is 89.7 cm³/mol. The van der Waals surface area contributed by atoms with Gasteiger partial charge in [-0.25, -0.2) is 0 Å². The Morgan fingerprint density at radius 2 is 1.36 bits per heavy atom. The molecule has 4 heteroatoms. The summed E-state index contributed by atoms with van der Waals surface area (Å²) < 4.78 is 0. The molecule has 3 N–H and O–H groups in total. The van der Waals surface area contributed by atoms with Crippen LogP contribution >= 0.6 is 0 Å². The molecule has 2 unspecified atom stereocenters. The van der Waals surface area contributed by atoms with Crippen molar-refractivity contribution >= 4 is 5.97 Å². The molecular formula is C18H30O4. The van der Waals surface area contributed by atoms with Crippen LogP contribution in [0.4, 0.5) is 0 Å². The van der Waals surface area contributed by atoms with Gasteiger partial charge in [-0.2, -0.15) is 0 Å². The maximum absolute atomic E-state index is 10.3. The highest BCUT2D eigenvalue weighted by atomic mass is 16.4. The van der Waals surface area contributed by atoms with Gasteiger partial charge in [0.15, 0.2) is 0 Å². The molecule has 0 heterocycles. The van der Waals surface area contributed by atoms with E-state index in [1.165, 1.54) is 0 Å². The van der Waals surface area contributed by atoms with E-state index in [1.807, 2.05) is 6.08 Å². The van der Waals surface area contributed by atoms with Gasteiger partial charge >= 0.3 is 5.97 Å². The highest BCUT2D eigenvalue weighted by Crippen LogP contribution is 2.05. The summed E-state index contributed by atoms with van der Waals surface area (Å²) in [6.45, 7) is 2.14. The van der Waals surface area contributed by atoms with Gasteiger partial charge in [-0.3, -0.25) is 4.79 Å². The summed E-state index contributed by atoms with van der Waals surface area (Å²) in [7, 11) is 0. The van der Waals surface area contributed by atoms with Gasteiger partial charge in [0.1, 0.15) is 0 Å². The second-order valence-electron chi connectivity index (χ2n) is 5.42. The van der Waals surface area contributed by atoms with Crippen molar-refractivity contribution < 1.29 is 20.1 Å². The Bertz CT molecular complexity index is 358. The highest BCUT2D eigenvalue weighted by molar-refractivity contribution is 5.66. The largest absolute Gasteiger partial charge is 0.481 e. The maximum atomic E-state index is 10.3. The number of carbonyl (C=O) groups is 1. The van der Waals surface area contributed by atoms with Crippen LogP contribution in [0.5, 0.6) is 0 Å².